The van der Waals surface area contributed by atoms with Crippen molar-refractivity contribution in [2.45, 2.75) is 20.0 Å². The molecule has 0 bridgehead atoms. The van der Waals surface area contributed by atoms with Gasteiger partial charge in [0.05, 0.1) is 31.5 Å². The van der Waals surface area contributed by atoms with Crippen LogP contribution in [0.1, 0.15) is 21.7 Å². The Morgan fingerprint density at radius 2 is 1.97 bits per heavy atom. The number of ether oxygens (including phenoxy) is 1. The fraction of sp³-hybridized carbons (Fsp3) is 0.250. The van der Waals surface area contributed by atoms with Gasteiger partial charge in [0.2, 0.25) is 0 Å². The summed E-state index contributed by atoms with van der Waals surface area (Å²) in [4.78, 5) is 41.7. The number of nitrogen functional groups attached to an aromatic ring is 1. The summed E-state index contributed by atoms with van der Waals surface area (Å²) < 4.78 is 11.4. The molecule has 0 radical (unpaired) electrons. The minimum Gasteiger partial charge on any atom is -0.469 e. The average Bonchev–Trinajstić information content (AvgIpc) is 3.13. The third kappa shape index (κ3) is 4.14. The Hall–Kier alpha value is -3.59. The van der Waals surface area contributed by atoms with Gasteiger partial charge in [-0.05, 0) is 18.6 Å². The number of nitrogens with one attached hydrogen (secondary N) is 1. The predicted molar refractivity (Wildman–Crippen MR) is 108 cm³/mol. The van der Waals surface area contributed by atoms with Crippen molar-refractivity contribution in [3.63, 3.8) is 0 Å². The van der Waals surface area contributed by atoms with Gasteiger partial charge in [-0.15, -0.1) is 0 Å². The summed E-state index contributed by atoms with van der Waals surface area (Å²) >= 11 is 0. The number of aromatic amines is 1. The SMILES string of the molecule is COCCn1c(N)c(N(Cc2ccccc2)C(=O)c2ccoc2C)c(=O)[nH]c1=O. The standard InChI is InChI=1S/C20H22N4O5/c1-13-15(8-10-29-13)19(26)24(12-14-6-4-3-5-7-14)16-17(21)23(9-11-28-2)20(27)22-18(16)25/h3-8,10H,9,11-12,21H2,1-2H3,(H,22,25,27). The van der Waals surface area contributed by atoms with Crippen molar-refractivity contribution in [1.29, 1.82) is 0 Å². The molecule has 0 aliphatic heterocycles. The lowest BCUT2D eigenvalue weighted by Gasteiger charge is -2.24. The van der Waals surface area contributed by atoms with Gasteiger partial charge in [0.15, 0.2) is 5.69 Å². The van der Waals surface area contributed by atoms with Gasteiger partial charge in [0.25, 0.3) is 11.5 Å². The van der Waals surface area contributed by atoms with Crippen LogP contribution in [0.5, 0.6) is 0 Å². The van der Waals surface area contributed by atoms with E-state index in [4.69, 9.17) is 14.9 Å². The number of benzene rings is 1. The van der Waals surface area contributed by atoms with Crippen molar-refractivity contribution in [3.05, 3.63) is 80.4 Å². The van der Waals surface area contributed by atoms with Gasteiger partial charge in [-0.25, -0.2) is 4.79 Å². The number of methoxy groups -OCH3 is 1. The van der Waals surface area contributed by atoms with E-state index in [0.29, 0.717) is 11.3 Å². The van der Waals surface area contributed by atoms with Gasteiger partial charge in [0, 0.05) is 7.11 Å². The number of carbonyl (C=O) groups is 1. The lowest BCUT2D eigenvalue weighted by Crippen LogP contribution is -2.41. The normalized spacial score (nSPS) is 10.8. The number of aryl methyl sites for hydroxylation is 1. The summed E-state index contributed by atoms with van der Waals surface area (Å²) in [6.07, 6.45) is 1.40. The first-order chi connectivity index (χ1) is 13.9. The highest BCUT2D eigenvalue weighted by Crippen LogP contribution is 2.23. The van der Waals surface area contributed by atoms with Crippen LogP contribution >= 0.6 is 0 Å². The first-order valence-corrected chi connectivity index (χ1v) is 8.95. The Balaban J connectivity index is 2.16. The van der Waals surface area contributed by atoms with E-state index in [0.717, 1.165) is 5.56 Å². The molecule has 0 spiro atoms. The Morgan fingerprint density at radius 3 is 2.59 bits per heavy atom. The maximum Gasteiger partial charge on any atom is 0.330 e. The third-order valence-corrected chi connectivity index (χ3v) is 4.52. The molecule has 0 aliphatic carbocycles. The zero-order valence-electron chi connectivity index (χ0n) is 16.2. The second-order valence-electron chi connectivity index (χ2n) is 6.40. The molecular weight excluding hydrogens is 376 g/mol. The molecule has 2 heterocycles. The number of aromatic nitrogens is 2. The van der Waals surface area contributed by atoms with Crippen LogP contribution < -0.4 is 21.9 Å². The quantitative estimate of drug-likeness (QED) is 0.622. The number of amides is 1. The first kappa shape index (κ1) is 20.2. The predicted octanol–water partition coefficient (Wildman–Crippen LogP) is 1.51. The summed E-state index contributed by atoms with van der Waals surface area (Å²) in [5.41, 5.74) is 5.76. The summed E-state index contributed by atoms with van der Waals surface area (Å²) in [7, 11) is 1.49. The van der Waals surface area contributed by atoms with Crippen LogP contribution in [0.2, 0.25) is 0 Å². The van der Waals surface area contributed by atoms with E-state index in [2.05, 4.69) is 4.98 Å². The fourth-order valence-corrected chi connectivity index (χ4v) is 3.01. The second kappa shape index (κ2) is 8.61. The number of furan rings is 1. The van der Waals surface area contributed by atoms with Crippen molar-refractivity contribution in [2.24, 2.45) is 0 Å². The van der Waals surface area contributed by atoms with E-state index in [1.807, 2.05) is 30.3 Å². The molecule has 0 saturated carbocycles. The maximum atomic E-state index is 13.3. The van der Waals surface area contributed by atoms with E-state index >= 15 is 0 Å². The highest BCUT2D eigenvalue weighted by atomic mass is 16.5. The number of carbonyl (C=O) groups excluding carboxylic acids is 1. The molecular formula is C20H22N4O5. The molecule has 0 unspecified atom stereocenters. The van der Waals surface area contributed by atoms with Gasteiger partial charge in [-0.1, -0.05) is 30.3 Å². The van der Waals surface area contributed by atoms with Crippen LogP contribution in [0.4, 0.5) is 11.5 Å². The lowest BCUT2D eigenvalue weighted by atomic mass is 10.1. The average molecular weight is 398 g/mol. The lowest BCUT2D eigenvalue weighted by molar-refractivity contribution is 0.0983. The molecule has 9 heteroatoms. The Bertz CT molecular complexity index is 1110. The number of hydrogen-bond donors (Lipinski definition) is 2. The minimum absolute atomic E-state index is 0.0834. The van der Waals surface area contributed by atoms with E-state index < -0.39 is 17.2 Å². The zero-order valence-corrected chi connectivity index (χ0v) is 16.2. The number of rotatable bonds is 7. The first-order valence-electron chi connectivity index (χ1n) is 8.95. The number of hydrogen-bond acceptors (Lipinski definition) is 6. The number of nitrogens with two attached hydrogens (primary N) is 1. The van der Waals surface area contributed by atoms with Crippen molar-refractivity contribution < 1.29 is 13.9 Å². The van der Waals surface area contributed by atoms with Gasteiger partial charge in [-0.3, -0.25) is 24.0 Å². The molecule has 3 aromatic rings. The number of anilines is 2. The molecule has 1 amide bonds. The molecule has 9 nitrogen and oxygen atoms in total. The Kier molecular flexibility index (Phi) is 5.99. The molecule has 3 N–H and O–H groups in total. The minimum atomic E-state index is -0.744. The smallest absolute Gasteiger partial charge is 0.330 e. The van der Waals surface area contributed by atoms with Crippen LogP contribution in [-0.2, 0) is 17.8 Å². The molecule has 0 saturated heterocycles. The van der Waals surface area contributed by atoms with E-state index in [1.165, 1.54) is 28.9 Å². The molecule has 29 heavy (non-hydrogen) atoms. The van der Waals surface area contributed by atoms with Crippen LogP contribution in [0, 0.1) is 6.92 Å². The van der Waals surface area contributed by atoms with Crippen molar-refractivity contribution >= 4 is 17.4 Å². The molecule has 3 rings (SSSR count). The largest absolute Gasteiger partial charge is 0.469 e. The van der Waals surface area contributed by atoms with Crippen molar-refractivity contribution in [1.82, 2.24) is 9.55 Å². The van der Waals surface area contributed by atoms with Gasteiger partial charge in [-0.2, -0.15) is 0 Å². The molecule has 2 aromatic heterocycles. The van der Waals surface area contributed by atoms with E-state index in [1.54, 1.807) is 6.92 Å². The van der Waals surface area contributed by atoms with Gasteiger partial charge >= 0.3 is 5.69 Å². The summed E-state index contributed by atoms with van der Waals surface area (Å²) in [5, 5.41) is 0. The van der Waals surface area contributed by atoms with Crippen LogP contribution in [0.25, 0.3) is 0 Å². The number of nitrogens with zero attached hydrogens (tertiary/aromatic N) is 2. The summed E-state index contributed by atoms with van der Waals surface area (Å²) in [6, 6.07) is 10.7. The summed E-state index contributed by atoms with van der Waals surface area (Å²) in [6.45, 7) is 2.08. The zero-order chi connectivity index (χ0) is 21.0. The maximum absolute atomic E-state index is 13.3. The molecule has 152 valence electrons. The van der Waals surface area contributed by atoms with E-state index in [9.17, 15) is 14.4 Å². The van der Waals surface area contributed by atoms with Gasteiger partial charge < -0.3 is 14.9 Å². The highest BCUT2D eigenvalue weighted by Gasteiger charge is 2.27. The van der Waals surface area contributed by atoms with Crippen LogP contribution in [0.3, 0.4) is 0 Å². The molecule has 0 fully saturated rings. The van der Waals surface area contributed by atoms with Crippen LogP contribution in [-0.4, -0.2) is 29.2 Å². The molecule has 1 aromatic carbocycles. The fourth-order valence-electron chi connectivity index (χ4n) is 3.01. The van der Waals surface area contributed by atoms with Crippen molar-refractivity contribution in [3.8, 4) is 0 Å². The topological polar surface area (TPSA) is 124 Å². The third-order valence-electron chi connectivity index (χ3n) is 4.52. The van der Waals surface area contributed by atoms with Gasteiger partial charge in [0.1, 0.15) is 11.6 Å². The monoisotopic (exact) mass is 398 g/mol. The van der Waals surface area contributed by atoms with E-state index in [-0.39, 0.29) is 31.2 Å². The Labute approximate surface area is 166 Å². The molecule has 0 aliphatic rings. The Morgan fingerprint density at radius 1 is 1.24 bits per heavy atom. The number of H-pyrrole nitrogens is 1. The second-order valence-corrected chi connectivity index (χ2v) is 6.40. The molecule has 0 atom stereocenters. The van der Waals surface area contributed by atoms with Crippen LogP contribution in [0.15, 0.2) is 56.7 Å². The highest BCUT2D eigenvalue weighted by molar-refractivity contribution is 6.07. The van der Waals surface area contributed by atoms with Crippen molar-refractivity contribution in [2.75, 3.05) is 24.4 Å². The summed E-state index contributed by atoms with van der Waals surface area (Å²) in [5.74, 6) is -0.161.